The third-order valence-corrected chi connectivity index (χ3v) is 2.83. The SMILES string of the molecule is CN1CCN(c2cccc(F)c2N)CC1=O. The van der Waals surface area contributed by atoms with E-state index in [4.69, 9.17) is 5.73 Å². The average molecular weight is 223 g/mol. The van der Waals surface area contributed by atoms with E-state index in [1.54, 1.807) is 29.0 Å². The van der Waals surface area contributed by atoms with E-state index in [1.807, 2.05) is 0 Å². The molecule has 2 N–H and O–H groups in total. The van der Waals surface area contributed by atoms with E-state index in [0.717, 1.165) is 0 Å². The number of para-hydroxylation sites is 1. The van der Waals surface area contributed by atoms with Gasteiger partial charge in [-0.3, -0.25) is 4.79 Å². The lowest BCUT2D eigenvalue weighted by Crippen LogP contribution is -2.48. The Kier molecular flexibility index (Phi) is 2.68. The first-order valence-electron chi connectivity index (χ1n) is 5.12. The zero-order valence-electron chi connectivity index (χ0n) is 9.11. The van der Waals surface area contributed by atoms with Gasteiger partial charge in [-0.25, -0.2) is 4.39 Å². The minimum Gasteiger partial charge on any atom is -0.395 e. The van der Waals surface area contributed by atoms with Gasteiger partial charge in [-0.1, -0.05) is 6.07 Å². The maximum absolute atomic E-state index is 13.3. The van der Waals surface area contributed by atoms with Crippen molar-refractivity contribution < 1.29 is 9.18 Å². The number of nitrogen functional groups attached to an aromatic ring is 1. The van der Waals surface area contributed by atoms with Gasteiger partial charge in [-0.05, 0) is 12.1 Å². The number of hydrogen-bond acceptors (Lipinski definition) is 3. The average Bonchev–Trinajstić information content (AvgIpc) is 2.26. The second-order valence-electron chi connectivity index (χ2n) is 3.91. The van der Waals surface area contributed by atoms with E-state index in [-0.39, 0.29) is 18.1 Å². The fourth-order valence-electron chi connectivity index (χ4n) is 1.77. The summed E-state index contributed by atoms with van der Waals surface area (Å²) < 4.78 is 13.3. The number of anilines is 2. The second kappa shape index (κ2) is 4.00. The van der Waals surface area contributed by atoms with Crippen LogP contribution in [0.15, 0.2) is 18.2 Å². The van der Waals surface area contributed by atoms with Crippen LogP contribution in [-0.2, 0) is 4.79 Å². The molecular formula is C11H14FN3O. The van der Waals surface area contributed by atoms with Crippen LogP contribution in [0.2, 0.25) is 0 Å². The Bertz CT molecular complexity index is 422. The van der Waals surface area contributed by atoms with Crippen molar-refractivity contribution in [2.24, 2.45) is 0 Å². The smallest absolute Gasteiger partial charge is 0.241 e. The monoisotopic (exact) mass is 223 g/mol. The highest BCUT2D eigenvalue weighted by molar-refractivity contribution is 5.84. The molecule has 0 radical (unpaired) electrons. The predicted molar refractivity (Wildman–Crippen MR) is 60.7 cm³/mol. The first-order chi connectivity index (χ1) is 7.59. The quantitative estimate of drug-likeness (QED) is 0.712. The number of piperazine rings is 1. The molecule has 1 aliphatic heterocycles. The molecule has 0 spiro atoms. The van der Waals surface area contributed by atoms with Crippen molar-refractivity contribution in [1.82, 2.24) is 4.90 Å². The molecule has 0 atom stereocenters. The van der Waals surface area contributed by atoms with Gasteiger partial charge in [0, 0.05) is 20.1 Å². The molecule has 16 heavy (non-hydrogen) atoms. The summed E-state index contributed by atoms with van der Waals surface area (Å²) in [6.07, 6.45) is 0. The second-order valence-corrected chi connectivity index (χ2v) is 3.91. The standard InChI is InChI=1S/C11H14FN3O/c1-14-5-6-15(7-10(14)16)9-4-2-3-8(12)11(9)13/h2-4H,5-7,13H2,1H3. The van der Waals surface area contributed by atoms with Crippen molar-refractivity contribution in [2.45, 2.75) is 0 Å². The predicted octanol–water partition coefficient (Wildman–Crippen LogP) is 0.686. The van der Waals surface area contributed by atoms with Crippen molar-refractivity contribution in [3.8, 4) is 0 Å². The van der Waals surface area contributed by atoms with Gasteiger partial charge >= 0.3 is 0 Å². The van der Waals surface area contributed by atoms with Crippen molar-refractivity contribution in [2.75, 3.05) is 37.3 Å². The number of rotatable bonds is 1. The number of carbonyl (C=O) groups excluding carboxylic acids is 1. The van der Waals surface area contributed by atoms with Crippen LogP contribution in [0.25, 0.3) is 0 Å². The van der Waals surface area contributed by atoms with E-state index in [2.05, 4.69) is 0 Å². The lowest BCUT2D eigenvalue weighted by atomic mass is 10.2. The molecule has 1 amide bonds. The first kappa shape index (κ1) is 10.7. The van der Waals surface area contributed by atoms with Gasteiger partial charge < -0.3 is 15.5 Å². The highest BCUT2D eigenvalue weighted by Gasteiger charge is 2.22. The van der Waals surface area contributed by atoms with Crippen LogP contribution in [0, 0.1) is 5.82 Å². The molecule has 4 nitrogen and oxygen atoms in total. The topological polar surface area (TPSA) is 49.6 Å². The van der Waals surface area contributed by atoms with Gasteiger partial charge in [0.25, 0.3) is 0 Å². The third kappa shape index (κ3) is 1.80. The molecular weight excluding hydrogens is 209 g/mol. The maximum atomic E-state index is 13.3. The summed E-state index contributed by atoms with van der Waals surface area (Å²) in [7, 11) is 1.76. The van der Waals surface area contributed by atoms with Crippen LogP contribution < -0.4 is 10.6 Å². The lowest BCUT2D eigenvalue weighted by molar-refractivity contribution is -0.129. The Morgan fingerprint density at radius 3 is 2.81 bits per heavy atom. The van der Waals surface area contributed by atoms with Gasteiger partial charge in [-0.15, -0.1) is 0 Å². The zero-order chi connectivity index (χ0) is 11.7. The molecule has 1 heterocycles. The summed E-state index contributed by atoms with van der Waals surface area (Å²) in [6.45, 7) is 1.56. The van der Waals surface area contributed by atoms with Crippen LogP contribution >= 0.6 is 0 Å². The highest BCUT2D eigenvalue weighted by atomic mass is 19.1. The minimum atomic E-state index is -0.441. The Balaban J connectivity index is 2.25. The summed E-state index contributed by atoms with van der Waals surface area (Å²) in [5, 5.41) is 0. The van der Waals surface area contributed by atoms with Crippen molar-refractivity contribution in [3.63, 3.8) is 0 Å². The molecule has 1 fully saturated rings. The Hall–Kier alpha value is -1.78. The van der Waals surface area contributed by atoms with Gasteiger partial charge in [0.05, 0.1) is 17.9 Å². The molecule has 1 saturated heterocycles. The molecule has 1 aliphatic rings. The molecule has 0 unspecified atom stereocenters. The van der Waals surface area contributed by atoms with Crippen molar-refractivity contribution in [1.29, 1.82) is 0 Å². The van der Waals surface area contributed by atoms with E-state index >= 15 is 0 Å². The number of likely N-dealkylation sites (N-methyl/N-ethyl adjacent to an activating group) is 1. The number of nitrogens with two attached hydrogens (primary N) is 1. The number of amides is 1. The van der Waals surface area contributed by atoms with Crippen LogP contribution in [0.3, 0.4) is 0 Å². The Morgan fingerprint density at radius 1 is 1.38 bits per heavy atom. The Labute approximate surface area is 93.4 Å². The van der Waals surface area contributed by atoms with Gasteiger partial charge in [0.2, 0.25) is 5.91 Å². The van der Waals surface area contributed by atoms with E-state index in [1.165, 1.54) is 6.07 Å². The van der Waals surface area contributed by atoms with Gasteiger partial charge in [-0.2, -0.15) is 0 Å². The fourth-order valence-corrected chi connectivity index (χ4v) is 1.77. The number of halogens is 1. The molecule has 86 valence electrons. The zero-order valence-corrected chi connectivity index (χ0v) is 9.11. The van der Waals surface area contributed by atoms with Gasteiger partial charge in [0.1, 0.15) is 5.82 Å². The molecule has 2 rings (SSSR count). The minimum absolute atomic E-state index is 0.0231. The lowest BCUT2D eigenvalue weighted by Gasteiger charge is -2.34. The summed E-state index contributed by atoms with van der Waals surface area (Å²) >= 11 is 0. The molecule has 1 aromatic rings. The molecule has 0 saturated carbocycles. The van der Waals surface area contributed by atoms with Crippen LogP contribution in [-0.4, -0.2) is 37.5 Å². The normalized spacial score (nSPS) is 16.8. The highest BCUT2D eigenvalue weighted by Crippen LogP contribution is 2.26. The Morgan fingerprint density at radius 2 is 2.12 bits per heavy atom. The largest absolute Gasteiger partial charge is 0.395 e. The van der Waals surface area contributed by atoms with Crippen molar-refractivity contribution >= 4 is 17.3 Å². The first-order valence-corrected chi connectivity index (χ1v) is 5.12. The van der Waals surface area contributed by atoms with Crippen LogP contribution in [0.5, 0.6) is 0 Å². The number of nitrogens with zero attached hydrogens (tertiary/aromatic N) is 2. The van der Waals surface area contributed by atoms with Gasteiger partial charge in [0.15, 0.2) is 0 Å². The van der Waals surface area contributed by atoms with E-state index in [9.17, 15) is 9.18 Å². The van der Waals surface area contributed by atoms with Crippen LogP contribution in [0.1, 0.15) is 0 Å². The molecule has 5 heteroatoms. The summed E-state index contributed by atoms with van der Waals surface area (Å²) in [4.78, 5) is 15.0. The molecule has 0 bridgehead atoms. The number of hydrogen-bond donors (Lipinski definition) is 1. The summed E-state index contributed by atoms with van der Waals surface area (Å²) in [6, 6.07) is 4.65. The number of carbonyl (C=O) groups is 1. The van der Waals surface area contributed by atoms with Crippen molar-refractivity contribution in [3.05, 3.63) is 24.0 Å². The molecule has 0 aromatic heterocycles. The molecule has 1 aromatic carbocycles. The maximum Gasteiger partial charge on any atom is 0.241 e. The number of benzene rings is 1. The van der Waals surface area contributed by atoms with E-state index in [0.29, 0.717) is 18.8 Å². The fraction of sp³-hybridized carbons (Fsp3) is 0.364. The third-order valence-electron chi connectivity index (χ3n) is 2.83. The van der Waals surface area contributed by atoms with E-state index < -0.39 is 5.82 Å². The summed E-state index contributed by atoms with van der Waals surface area (Å²) in [5.74, 6) is -0.418. The molecule has 0 aliphatic carbocycles. The summed E-state index contributed by atoms with van der Waals surface area (Å²) in [5.41, 5.74) is 6.36. The van der Waals surface area contributed by atoms with Crippen LogP contribution in [0.4, 0.5) is 15.8 Å².